The van der Waals surface area contributed by atoms with E-state index in [9.17, 15) is 33.1 Å². The molecule has 2 aromatic heterocycles. The smallest absolute Gasteiger partial charge is 0.417 e. The highest BCUT2D eigenvalue weighted by molar-refractivity contribution is 7.10. The number of benzene rings is 1. The number of ether oxygens (including phenoxy) is 2. The van der Waals surface area contributed by atoms with E-state index in [-0.39, 0.29) is 50.9 Å². The van der Waals surface area contributed by atoms with E-state index in [2.05, 4.69) is 11.1 Å². The number of carbonyl (C=O) groups is 3. The van der Waals surface area contributed by atoms with Crippen LogP contribution in [-0.4, -0.2) is 75.1 Å². The van der Waals surface area contributed by atoms with Crippen LogP contribution in [0, 0.1) is 23.7 Å². The van der Waals surface area contributed by atoms with Crippen LogP contribution in [-0.2, 0) is 21.2 Å². The summed E-state index contributed by atoms with van der Waals surface area (Å²) in [6.07, 6.45) is 2.08. The Morgan fingerprint density at radius 3 is 2.43 bits per heavy atom. The summed E-state index contributed by atoms with van der Waals surface area (Å²) in [7, 11) is 0. The van der Waals surface area contributed by atoms with Gasteiger partial charge in [-0.3, -0.25) is 19.4 Å². The number of aryl methyl sites for hydroxylation is 1. The molecule has 1 aromatic carbocycles. The molecule has 300 valence electrons. The third kappa shape index (κ3) is 7.97. The van der Waals surface area contributed by atoms with E-state index in [4.69, 9.17) is 9.47 Å². The van der Waals surface area contributed by atoms with Gasteiger partial charge in [0, 0.05) is 54.3 Å². The van der Waals surface area contributed by atoms with E-state index in [0.717, 1.165) is 29.8 Å². The van der Waals surface area contributed by atoms with Crippen molar-refractivity contribution in [1.29, 1.82) is 5.26 Å². The number of halogens is 3. The van der Waals surface area contributed by atoms with Crippen LogP contribution in [0.4, 0.5) is 13.2 Å². The molecule has 0 bridgehead atoms. The first-order valence-corrected chi connectivity index (χ1v) is 20.3. The number of aromatic nitrogens is 1. The number of nitrogens with zero attached hydrogens (tertiary/aromatic N) is 4. The largest absolute Gasteiger partial charge is 0.490 e. The molecule has 1 saturated carbocycles. The Hall–Kier alpha value is -4.64. The highest BCUT2D eigenvalue weighted by Crippen LogP contribution is 2.47. The van der Waals surface area contributed by atoms with Crippen molar-refractivity contribution in [1.82, 2.24) is 14.8 Å². The first-order valence-electron chi connectivity index (χ1n) is 19.4. The van der Waals surface area contributed by atoms with Crippen LogP contribution >= 0.6 is 11.3 Å². The van der Waals surface area contributed by atoms with E-state index >= 15 is 4.79 Å². The van der Waals surface area contributed by atoms with Gasteiger partial charge in [-0.15, -0.1) is 11.3 Å². The van der Waals surface area contributed by atoms with Gasteiger partial charge in [-0.1, -0.05) is 38.0 Å². The van der Waals surface area contributed by atoms with Gasteiger partial charge in [0.2, 0.25) is 5.60 Å². The van der Waals surface area contributed by atoms with Crippen molar-refractivity contribution in [2.45, 2.75) is 121 Å². The summed E-state index contributed by atoms with van der Waals surface area (Å²) in [5.74, 6) is -0.998. The summed E-state index contributed by atoms with van der Waals surface area (Å²) in [5.41, 5.74) is -4.26. The molecule has 3 aromatic rings. The second-order valence-electron chi connectivity index (χ2n) is 15.6. The molecule has 3 atom stereocenters. The van der Waals surface area contributed by atoms with Gasteiger partial charge in [0.15, 0.2) is 0 Å². The normalized spacial score (nSPS) is 22.3. The number of aliphatic carboxylic acids is 1. The van der Waals surface area contributed by atoms with Crippen LogP contribution in [0.3, 0.4) is 0 Å². The third-order valence-electron chi connectivity index (χ3n) is 12.1. The SMILES string of the molecule is CCC[C@H]1N(C(=O)c2cnccc2C(F)(F)F)CCC[C@@]1(Oc1csc(C)c1)C(=O)N1CCC(C#N)(c2ccccc2OC(C)CCC2(C(=O)O)CCC2)CC1. The predicted molar refractivity (Wildman–Crippen MR) is 203 cm³/mol. The maximum absolute atomic E-state index is 15.1. The van der Waals surface area contributed by atoms with Gasteiger partial charge in [-0.25, -0.2) is 0 Å². The molecule has 56 heavy (non-hydrogen) atoms. The average molecular weight is 795 g/mol. The van der Waals surface area contributed by atoms with Crippen molar-refractivity contribution in [3.8, 4) is 17.6 Å². The van der Waals surface area contributed by atoms with E-state index in [1.807, 2.05) is 51.1 Å². The van der Waals surface area contributed by atoms with Crippen LogP contribution in [0.2, 0.25) is 0 Å². The molecule has 0 spiro atoms. The molecule has 1 N–H and O–H groups in total. The Balaban J connectivity index is 1.27. The van der Waals surface area contributed by atoms with Crippen LogP contribution in [0.15, 0.2) is 54.2 Å². The van der Waals surface area contributed by atoms with E-state index < -0.39 is 51.7 Å². The molecule has 2 amide bonds. The molecule has 6 rings (SSSR count). The number of piperidine rings is 2. The van der Waals surface area contributed by atoms with Gasteiger partial charge in [0.1, 0.15) is 11.5 Å². The molecule has 2 aliphatic heterocycles. The molecular weight excluding hydrogens is 746 g/mol. The second-order valence-corrected chi connectivity index (χ2v) is 16.7. The zero-order valence-electron chi connectivity index (χ0n) is 32.1. The fourth-order valence-electron chi connectivity index (χ4n) is 8.75. The van der Waals surface area contributed by atoms with Crippen molar-refractivity contribution in [2.75, 3.05) is 19.6 Å². The topological polar surface area (TPSA) is 133 Å². The minimum atomic E-state index is -4.79. The molecule has 1 aliphatic carbocycles. The summed E-state index contributed by atoms with van der Waals surface area (Å²) in [4.78, 5) is 49.0. The standard InChI is InChI=1S/C42H49F3N4O6S/c1-4-9-35-41(55-30-24-29(3)56-26-30,16-8-21-49(35)36(50)31-25-47-20-13-32(31)42(43,44)45)37(51)48-22-18-40(27-46,19-23-48)33-10-5-6-11-34(33)54-28(2)12-17-39(38(52)53)14-7-15-39/h5-6,10-11,13,20,24-26,28,35H,4,7-9,12,14-19,21-23H2,1-3H3,(H,52,53)/t28?,35-,41+/m1/s1. The van der Waals surface area contributed by atoms with Gasteiger partial charge in [0.25, 0.3) is 11.8 Å². The first kappa shape index (κ1) is 41.0. The fraction of sp³-hybridized carbons (Fsp3) is 0.548. The van der Waals surface area contributed by atoms with E-state index in [1.54, 1.807) is 10.3 Å². The van der Waals surface area contributed by atoms with Gasteiger partial charge >= 0.3 is 12.1 Å². The molecule has 14 heteroatoms. The minimum Gasteiger partial charge on any atom is -0.490 e. The molecule has 4 heterocycles. The molecule has 1 unspecified atom stereocenters. The van der Waals surface area contributed by atoms with Crippen molar-refractivity contribution >= 4 is 29.1 Å². The van der Waals surface area contributed by atoms with Crippen molar-refractivity contribution in [2.24, 2.45) is 5.41 Å². The van der Waals surface area contributed by atoms with E-state index in [0.29, 0.717) is 62.0 Å². The predicted octanol–water partition coefficient (Wildman–Crippen LogP) is 8.58. The van der Waals surface area contributed by atoms with Gasteiger partial charge in [0.05, 0.1) is 40.2 Å². The van der Waals surface area contributed by atoms with E-state index in [1.165, 1.54) is 16.2 Å². The number of thiophene rings is 1. The summed E-state index contributed by atoms with van der Waals surface area (Å²) < 4.78 is 55.5. The van der Waals surface area contributed by atoms with Gasteiger partial charge < -0.3 is 24.4 Å². The maximum atomic E-state index is 15.1. The highest BCUT2D eigenvalue weighted by Gasteiger charge is 2.56. The molecule has 10 nitrogen and oxygen atoms in total. The number of pyridine rings is 1. The third-order valence-corrected chi connectivity index (χ3v) is 12.9. The zero-order chi connectivity index (χ0) is 40.3. The second kappa shape index (κ2) is 16.5. The zero-order valence-corrected chi connectivity index (χ0v) is 32.9. The summed E-state index contributed by atoms with van der Waals surface area (Å²) >= 11 is 1.44. The number of hydrogen-bond donors (Lipinski definition) is 1. The quantitative estimate of drug-likeness (QED) is 0.182. The Labute approximate surface area is 329 Å². The summed E-state index contributed by atoms with van der Waals surface area (Å²) in [5, 5.41) is 22.3. The lowest BCUT2D eigenvalue weighted by Crippen LogP contribution is -2.68. The summed E-state index contributed by atoms with van der Waals surface area (Å²) in [6, 6.07) is 11.6. The van der Waals surface area contributed by atoms with Crippen molar-refractivity contribution in [3.05, 3.63) is 75.7 Å². The Bertz CT molecular complexity index is 1950. The number of carbonyl (C=O) groups excluding carboxylic acids is 2. The number of alkyl halides is 3. The average Bonchev–Trinajstić information content (AvgIpc) is 3.58. The van der Waals surface area contributed by atoms with Crippen LogP contribution in [0.25, 0.3) is 0 Å². The number of nitriles is 1. The molecule has 3 fully saturated rings. The molecule has 0 radical (unpaired) electrons. The minimum absolute atomic E-state index is 0.140. The Morgan fingerprint density at radius 1 is 1.09 bits per heavy atom. The van der Waals surface area contributed by atoms with Crippen LogP contribution in [0.5, 0.6) is 11.5 Å². The first-order chi connectivity index (χ1) is 26.7. The Morgan fingerprint density at radius 2 is 1.82 bits per heavy atom. The van der Waals surface area contributed by atoms with Crippen LogP contribution in [0.1, 0.15) is 111 Å². The number of likely N-dealkylation sites (tertiary alicyclic amines) is 2. The number of rotatable bonds is 13. The van der Waals surface area contributed by atoms with Crippen LogP contribution < -0.4 is 9.47 Å². The fourth-order valence-corrected chi connectivity index (χ4v) is 9.35. The Kier molecular flexibility index (Phi) is 12.0. The number of para-hydroxylation sites is 1. The van der Waals surface area contributed by atoms with Gasteiger partial charge in [-0.2, -0.15) is 18.4 Å². The van der Waals surface area contributed by atoms with Crippen molar-refractivity contribution in [3.63, 3.8) is 0 Å². The van der Waals surface area contributed by atoms with Gasteiger partial charge in [-0.05, 0) is 83.4 Å². The number of hydrogen-bond acceptors (Lipinski definition) is 8. The van der Waals surface area contributed by atoms with Crippen molar-refractivity contribution < 1.29 is 42.1 Å². The number of amides is 2. The number of carboxylic acids is 1. The lowest BCUT2D eigenvalue weighted by molar-refractivity contribution is -0.160. The lowest BCUT2D eigenvalue weighted by atomic mass is 9.66. The number of carboxylic acid groups (broad SMARTS) is 1. The maximum Gasteiger partial charge on any atom is 0.417 e. The highest BCUT2D eigenvalue weighted by atomic mass is 32.1. The molecule has 2 saturated heterocycles. The lowest BCUT2D eigenvalue weighted by Gasteiger charge is -2.51. The monoisotopic (exact) mass is 794 g/mol. The molecule has 3 aliphatic rings. The molecular formula is C42H49F3N4O6S. The summed E-state index contributed by atoms with van der Waals surface area (Å²) in [6.45, 7) is 6.23.